The molecule has 0 fully saturated rings. The smallest absolute Gasteiger partial charge is 0.317 e. The second kappa shape index (κ2) is 8.70. The third kappa shape index (κ3) is 5.54. The fourth-order valence-electron chi connectivity index (χ4n) is 1.79. The summed E-state index contributed by atoms with van der Waals surface area (Å²) in [4.78, 5) is 24.1. The van der Waals surface area contributed by atoms with E-state index in [1.54, 1.807) is 42.5 Å². The minimum atomic E-state index is -0.974. The number of benzene rings is 2. The summed E-state index contributed by atoms with van der Waals surface area (Å²) in [6.07, 6.45) is -0.974. The van der Waals surface area contributed by atoms with E-state index in [1.807, 2.05) is 0 Å². The second-order valence-electron chi connectivity index (χ2n) is 4.85. The van der Waals surface area contributed by atoms with Crippen LogP contribution in [-0.4, -0.2) is 23.7 Å². The van der Waals surface area contributed by atoms with Gasteiger partial charge in [-0.3, -0.25) is 9.59 Å². The Hall–Kier alpha value is -2.05. The second-order valence-corrected chi connectivity index (χ2v) is 6.30. The van der Waals surface area contributed by atoms with E-state index in [4.69, 9.17) is 16.3 Å². The van der Waals surface area contributed by atoms with E-state index in [9.17, 15) is 14.0 Å². The molecule has 0 radical (unpaired) electrons. The highest BCUT2D eigenvalue weighted by atomic mass is 35.5. The molecule has 24 heavy (non-hydrogen) atoms. The van der Waals surface area contributed by atoms with Crippen LogP contribution in [0.4, 0.5) is 10.1 Å². The summed E-state index contributed by atoms with van der Waals surface area (Å²) < 4.78 is 18.5. The predicted molar refractivity (Wildman–Crippen MR) is 92.8 cm³/mol. The van der Waals surface area contributed by atoms with Gasteiger partial charge in [0.1, 0.15) is 5.82 Å². The summed E-state index contributed by atoms with van der Waals surface area (Å²) >= 11 is 6.85. The number of esters is 1. The Bertz CT molecular complexity index is 741. The van der Waals surface area contributed by atoms with Crippen LogP contribution in [0.15, 0.2) is 53.4 Å². The molecule has 4 nitrogen and oxygen atoms in total. The van der Waals surface area contributed by atoms with Crippen molar-refractivity contribution in [2.45, 2.75) is 17.9 Å². The molecule has 0 bridgehead atoms. The maximum absolute atomic E-state index is 13.5. The molecule has 1 atom stereocenters. The quantitative estimate of drug-likeness (QED) is 0.615. The number of anilines is 1. The number of thioether (sulfide) groups is 1. The summed E-state index contributed by atoms with van der Waals surface area (Å²) in [5, 5.41) is 3.09. The zero-order valence-electron chi connectivity index (χ0n) is 12.8. The normalized spacial score (nSPS) is 11.6. The minimum Gasteiger partial charge on any atom is -0.452 e. The molecule has 1 N–H and O–H groups in total. The molecule has 0 aliphatic rings. The van der Waals surface area contributed by atoms with Gasteiger partial charge in [-0.15, -0.1) is 11.8 Å². The van der Waals surface area contributed by atoms with Crippen LogP contribution in [0.1, 0.15) is 6.92 Å². The Morgan fingerprint density at radius 1 is 1.25 bits per heavy atom. The van der Waals surface area contributed by atoms with Gasteiger partial charge < -0.3 is 10.1 Å². The van der Waals surface area contributed by atoms with Crippen LogP contribution in [0.2, 0.25) is 5.02 Å². The molecular formula is C17H15ClFNO3S. The maximum atomic E-state index is 13.5. The van der Waals surface area contributed by atoms with Gasteiger partial charge in [-0.25, -0.2) is 4.39 Å². The zero-order chi connectivity index (χ0) is 17.5. The van der Waals surface area contributed by atoms with Crippen molar-refractivity contribution < 1.29 is 18.7 Å². The first-order chi connectivity index (χ1) is 11.5. The predicted octanol–water partition coefficient (Wildman–Crippen LogP) is 4.14. The Kier molecular flexibility index (Phi) is 6.63. The molecule has 7 heteroatoms. The van der Waals surface area contributed by atoms with Gasteiger partial charge in [0, 0.05) is 15.6 Å². The summed E-state index contributed by atoms with van der Waals surface area (Å²) in [5.41, 5.74) is 0.510. The molecule has 2 rings (SSSR count). The number of carbonyl (C=O) groups excluding carboxylic acids is 2. The van der Waals surface area contributed by atoms with Gasteiger partial charge in [0.2, 0.25) is 0 Å². The van der Waals surface area contributed by atoms with Gasteiger partial charge in [0.15, 0.2) is 6.10 Å². The highest BCUT2D eigenvalue weighted by Gasteiger charge is 2.18. The minimum absolute atomic E-state index is 0.0876. The van der Waals surface area contributed by atoms with E-state index < -0.39 is 23.8 Å². The third-order valence-electron chi connectivity index (χ3n) is 2.95. The van der Waals surface area contributed by atoms with Gasteiger partial charge >= 0.3 is 5.97 Å². The Labute approximate surface area is 148 Å². The van der Waals surface area contributed by atoms with Crippen molar-refractivity contribution in [3.63, 3.8) is 0 Å². The number of nitrogens with one attached hydrogen (secondary N) is 1. The average Bonchev–Trinajstić information content (AvgIpc) is 2.54. The highest BCUT2D eigenvalue weighted by molar-refractivity contribution is 8.00. The number of halogens is 2. The molecule has 0 saturated carbocycles. The molecule has 0 saturated heterocycles. The topological polar surface area (TPSA) is 55.4 Å². The van der Waals surface area contributed by atoms with E-state index in [0.29, 0.717) is 15.6 Å². The van der Waals surface area contributed by atoms with Crippen molar-refractivity contribution in [1.29, 1.82) is 0 Å². The first-order valence-corrected chi connectivity index (χ1v) is 8.45. The zero-order valence-corrected chi connectivity index (χ0v) is 14.4. The maximum Gasteiger partial charge on any atom is 0.317 e. The van der Waals surface area contributed by atoms with Crippen LogP contribution >= 0.6 is 23.4 Å². The van der Waals surface area contributed by atoms with Gasteiger partial charge in [-0.1, -0.05) is 29.8 Å². The highest BCUT2D eigenvalue weighted by Crippen LogP contribution is 2.21. The van der Waals surface area contributed by atoms with E-state index >= 15 is 0 Å². The summed E-state index contributed by atoms with van der Waals surface area (Å²) in [7, 11) is 0. The van der Waals surface area contributed by atoms with E-state index in [1.165, 1.54) is 13.0 Å². The lowest BCUT2D eigenvalue weighted by Gasteiger charge is -2.13. The number of amides is 1. The van der Waals surface area contributed by atoms with Crippen LogP contribution in [0.25, 0.3) is 0 Å². The molecule has 0 heterocycles. The van der Waals surface area contributed by atoms with Gasteiger partial charge in [-0.05, 0) is 37.3 Å². The van der Waals surface area contributed by atoms with Gasteiger partial charge in [0.25, 0.3) is 5.91 Å². The Morgan fingerprint density at radius 3 is 2.71 bits per heavy atom. The van der Waals surface area contributed by atoms with E-state index in [2.05, 4.69) is 5.32 Å². The Morgan fingerprint density at radius 2 is 2.00 bits per heavy atom. The number of rotatable bonds is 6. The van der Waals surface area contributed by atoms with Crippen molar-refractivity contribution in [2.75, 3.05) is 11.1 Å². The molecule has 1 amide bonds. The van der Waals surface area contributed by atoms with Crippen molar-refractivity contribution in [2.24, 2.45) is 0 Å². The summed E-state index contributed by atoms with van der Waals surface area (Å²) in [5.74, 6) is -1.56. The summed E-state index contributed by atoms with van der Waals surface area (Å²) in [6.45, 7) is 1.46. The monoisotopic (exact) mass is 367 g/mol. The fraction of sp³-hybridized carbons (Fsp3) is 0.176. The molecule has 126 valence electrons. The lowest BCUT2D eigenvalue weighted by atomic mass is 10.3. The van der Waals surface area contributed by atoms with E-state index in [-0.39, 0.29) is 5.75 Å². The van der Waals surface area contributed by atoms with Crippen molar-refractivity contribution >= 4 is 40.9 Å². The Balaban J connectivity index is 1.82. The molecular weight excluding hydrogens is 353 g/mol. The van der Waals surface area contributed by atoms with Crippen molar-refractivity contribution in [1.82, 2.24) is 0 Å². The van der Waals surface area contributed by atoms with Crippen LogP contribution < -0.4 is 5.32 Å². The number of ether oxygens (including phenoxy) is 1. The van der Waals surface area contributed by atoms with Crippen molar-refractivity contribution in [3.05, 3.63) is 59.4 Å². The first kappa shape index (κ1) is 18.3. The largest absolute Gasteiger partial charge is 0.452 e. The van der Waals surface area contributed by atoms with Crippen LogP contribution in [0.3, 0.4) is 0 Å². The van der Waals surface area contributed by atoms with Crippen LogP contribution in [-0.2, 0) is 14.3 Å². The lowest BCUT2D eigenvalue weighted by molar-refractivity contribution is -0.150. The van der Waals surface area contributed by atoms with Crippen LogP contribution in [0, 0.1) is 5.82 Å². The lowest BCUT2D eigenvalue weighted by Crippen LogP contribution is -2.30. The number of hydrogen-bond acceptors (Lipinski definition) is 4. The first-order valence-electron chi connectivity index (χ1n) is 7.09. The summed E-state index contributed by atoms with van der Waals surface area (Å²) in [6, 6.07) is 12.8. The van der Waals surface area contributed by atoms with Gasteiger partial charge in [0.05, 0.1) is 5.75 Å². The van der Waals surface area contributed by atoms with E-state index in [0.717, 1.165) is 11.8 Å². The molecule has 2 aromatic carbocycles. The number of hydrogen-bond donors (Lipinski definition) is 1. The molecule has 0 aliphatic heterocycles. The average molecular weight is 368 g/mol. The molecule has 0 unspecified atom stereocenters. The SMILES string of the molecule is C[C@H](OC(=O)CSc1ccccc1F)C(=O)Nc1cccc(Cl)c1. The van der Waals surface area contributed by atoms with Crippen LogP contribution in [0.5, 0.6) is 0 Å². The third-order valence-corrected chi connectivity index (χ3v) is 4.21. The molecule has 0 aromatic heterocycles. The molecule has 0 aliphatic carbocycles. The standard InChI is InChI=1S/C17H15ClFNO3S/c1-11(17(22)20-13-6-4-5-12(18)9-13)23-16(21)10-24-15-8-3-2-7-14(15)19/h2-9,11H,10H2,1H3,(H,20,22)/t11-/m0/s1. The molecule has 0 spiro atoms. The van der Waals surface area contributed by atoms with Gasteiger partial charge in [-0.2, -0.15) is 0 Å². The fourth-order valence-corrected chi connectivity index (χ4v) is 2.71. The van der Waals surface area contributed by atoms with Crippen molar-refractivity contribution in [3.8, 4) is 0 Å². The number of carbonyl (C=O) groups is 2. The molecule has 2 aromatic rings.